The number of halogens is 1. The Hall–Kier alpha value is -1.03. The summed E-state index contributed by atoms with van der Waals surface area (Å²) in [6, 6.07) is 6.01. The summed E-state index contributed by atoms with van der Waals surface area (Å²) >= 11 is 3.37. The monoisotopic (exact) mass is 268 g/mol. The van der Waals surface area contributed by atoms with E-state index < -0.39 is 0 Å². The molecule has 80 valence electrons. The second-order valence-corrected chi connectivity index (χ2v) is 4.45. The van der Waals surface area contributed by atoms with Gasteiger partial charge in [0.25, 0.3) is 0 Å². The number of ether oxygens (including phenoxy) is 1. The molecule has 1 aliphatic heterocycles. The lowest BCUT2D eigenvalue weighted by atomic mass is 10.2. The van der Waals surface area contributed by atoms with Crippen molar-refractivity contribution in [3.05, 3.63) is 28.2 Å². The smallest absolute Gasteiger partial charge is 0.218 e. The molecule has 0 saturated carbocycles. The summed E-state index contributed by atoms with van der Waals surface area (Å²) in [5.74, 6) is 0.673. The molecule has 0 fully saturated rings. The average molecular weight is 269 g/mol. The molecule has 3 nitrogen and oxygen atoms in total. The van der Waals surface area contributed by atoms with Gasteiger partial charge in [-0.15, -0.1) is 0 Å². The average Bonchev–Trinajstić information content (AvgIpc) is 2.66. The number of hydrogen-bond acceptors (Lipinski definition) is 3. The molecule has 2 N–H and O–H groups in total. The maximum absolute atomic E-state index is 5.90. The highest BCUT2D eigenvalue weighted by Gasteiger charge is 2.19. The largest absolute Gasteiger partial charge is 0.475 e. The molecule has 4 heteroatoms. The minimum Gasteiger partial charge on any atom is -0.475 e. The quantitative estimate of drug-likeness (QED) is 0.839. The molecule has 0 aromatic heterocycles. The highest BCUT2D eigenvalue weighted by atomic mass is 79.9. The zero-order valence-corrected chi connectivity index (χ0v) is 10.1. The van der Waals surface area contributed by atoms with Crippen LogP contribution in [-0.4, -0.2) is 18.5 Å². The van der Waals surface area contributed by atoms with Crippen LogP contribution in [0.4, 0.5) is 5.69 Å². The number of benzene rings is 1. The van der Waals surface area contributed by atoms with Crippen LogP contribution in [0.1, 0.15) is 18.9 Å². The first-order valence-electron chi connectivity index (χ1n) is 4.96. The van der Waals surface area contributed by atoms with E-state index in [4.69, 9.17) is 10.5 Å². The van der Waals surface area contributed by atoms with Gasteiger partial charge in [0.2, 0.25) is 5.90 Å². The van der Waals surface area contributed by atoms with Gasteiger partial charge in [0.05, 0.1) is 11.6 Å². The lowest BCUT2D eigenvalue weighted by Gasteiger charge is -2.05. The Balaban J connectivity index is 2.31. The van der Waals surface area contributed by atoms with Crippen molar-refractivity contribution < 1.29 is 4.74 Å². The van der Waals surface area contributed by atoms with Gasteiger partial charge in [-0.25, -0.2) is 4.99 Å². The molecular weight excluding hydrogens is 256 g/mol. The molecule has 1 aliphatic rings. The minimum atomic E-state index is 0.281. The van der Waals surface area contributed by atoms with Crippen LogP contribution in [0, 0.1) is 0 Å². The maximum atomic E-state index is 5.90. The SMILES string of the molecule is CC[C@@H]1COC(c2ccc(Br)cc2N)=N1. The van der Waals surface area contributed by atoms with Gasteiger partial charge in [0.15, 0.2) is 0 Å². The molecule has 1 atom stereocenters. The summed E-state index contributed by atoms with van der Waals surface area (Å²) in [6.07, 6.45) is 1.000. The summed E-state index contributed by atoms with van der Waals surface area (Å²) in [7, 11) is 0. The summed E-state index contributed by atoms with van der Waals surface area (Å²) in [5, 5.41) is 0. The topological polar surface area (TPSA) is 47.6 Å². The van der Waals surface area contributed by atoms with E-state index in [2.05, 4.69) is 27.8 Å². The Morgan fingerprint density at radius 1 is 1.60 bits per heavy atom. The number of rotatable bonds is 2. The minimum absolute atomic E-state index is 0.281. The van der Waals surface area contributed by atoms with E-state index in [1.54, 1.807) is 0 Å². The maximum Gasteiger partial charge on any atom is 0.218 e. The van der Waals surface area contributed by atoms with Crippen LogP contribution in [-0.2, 0) is 4.74 Å². The molecule has 1 aromatic carbocycles. The molecule has 1 aromatic rings. The van der Waals surface area contributed by atoms with Crippen molar-refractivity contribution in [1.82, 2.24) is 0 Å². The van der Waals surface area contributed by atoms with Crippen molar-refractivity contribution in [2.75, 3.05) is 12.3 Å². The molecule has 0 bridgehead atoms. The van der Waals surface area contributed by atoms with Crippen LogP contribution in [0.15, 0.2) is 27.7 Å². The van der Waals surface area contributed by atoms with E-state index in [0.29, 0.717) is 18.2 Å². The molecule has 1 heterocycles. The van der Waals surface area contributed by atoms with Crippen molar-refractivity contribution in [1.29, 1.82) is 0 Å². The summed E-state index contributed by atoms with van der Waals surface area (Å²) in [6.45, 7) is 2.77. The van der Waals surface area contributed by atoms with Crippen LogP contribution in [0.5, 0.6) is 0 Å². The third-order valence-electron chi connectivity index (χ3n) is 2.43. The molecule has 15 heavy (non-hydrogen) atoms. The molecule has 2 rings (SSSR count). The van der Waals surface area contributed by atoms with E-state index in [9.17, 15) is 0 Å². The van der Waals surface area contributed by atoms with Gasteiger partial charge in [-0.1, -0.05) is 22.9 Å². The zero-order valence-electron chi connectivity index (χ0n) is 8.53. The lowest BCUT2D eigenvalue weighted by molar-refractivity contribution is 0.315. The van der Waals surface area contributed by atoms with Gasteiger partial charge in [-0.05, 0) is 24.6 Å². The predicted octanol–water partition coefficient (Wildman–Crippen LogP) is 2.59. The first-order chi connectivity index (χ1) is 7.20. The van der Waals surface area contributed by atoms with E-state index in [-0.39, 0.29) is 6.04 Å². The molecule has 0 radical (unpaired) electrons. The van der Waals surface area contributed by atoms with Crippen molar-refractivity contribution >= 4 is 27.5 Å². The molecular formula is C11H13BrN2O. The normalized spacial score (nSPS) is 19.9. The second-order valence-electron chi connectivity index (χ2n) is 3.54. The van der Waals surface area contributed by atoms with Gasteiger partial charge in [0.1, 0.15) is 6.61 Å². The van der Waals surface area contributed by atoms with Gasteiger partial charge < -0.3 is 10.5 Å². The molecule has 0 aliphatic carbocycles. The molecule has 0 amide bonds. The molecule has 0 unspecified atom stereocenters. The van der Waals surface area contributed by atoms with Gasteiger partial charge in [-0.3, -0.25) is 0 Å². The summed E-state index contributed by atoms with van der Waals surface area (Å²) < 4.78 is 6.48. The van der Waals surface area contributed by atoms with Gasteiger partial charge in [0, 0.05) is 10.2 Å². The second kappa shape index (κ2) is 4.23. The number of nitrogens with zero attached hydrogens (tertiary/aromatic N) is 1. The number of hydrogen-bond donors (Lipinski definition) is 1. The van der Waals surface area contributed by atoms with E-state index in [1.165, 1.54) is 0 Å². The van der Waals surface area contributed by atoms with Crippen molar-refractivity contribution in [3.63, 3.8) is 0 Å². The number of nitrogens with two attached hydrogens (primary N) is 1. The van der Waals surface area contributed by atoms with Gasteiger partial charge >= 0.3 is 0 Å². The lowest BCUT2D eigenvalue weighted by Crippen LogP contribution is -2.05. The molecule has 0 saturated heterocycles. The van der Waals surface area contributed by atoms with Crippen LogP contribution in [0.2, 0.25) is 0 Å². The Morgan fingerprint density at radius 2 is 2.40 bits per heavy atom. The van der Waals surface area contributed by atoms with Crippen LogP contribution >= 0.6 is 15.9 Å². The first-order valence-corrected chi connectivity index (χ1v) is 5.76. The van der Waals surface area contributed by atoms with Crippen LogP contribution in [0.3, 0.4) is 0 Å². The Labute approximate surface area is 97.5 Å². The fourth-order valence-corrected chi connectivity index (χ4v) is 1.88. The Kier molecular flexibility index (Phi) is 2.95. The highest BCUT2D eigenvalue weighted by molar-refractivity contribution is 9.10. The zero-order chi connectivity index (χ0) is 10.8. The van der Waals surface area contributed by atoms with Crippen LogP contribution < -0.4 is 5.73 Å². The van der Waals surface area contributed by atoms with Crippen LogP contribution in [0.25, 0.3) is 0 Å². The third kappa shape index (κ3) is 2.15. The van der Waals surface area contributed by atoms with Crippen molar-refractivity contribution in [2.45, 2.75) is 19.4 Å². The van der Waals surface area contributed by atoms with Crippen molar-refractivity contribution in [3.8, 4) is 0 Å². The first kappa shape index (κ1) is 10.5. The van der Waals surface area contributed by atoms with E-state index in [0.717, 1.165) is 16.5 Å². The number of anilines is 1. The standard InChI is InChI=1S/C11H13BrN2O/c1-2-8-6-15-11(14-8)9-4-3-7(12)5-10(9)13/h3-5,8H,2,6,13H2,1H3/t8-/m1/s1. The summed E-state index contributed by atoms with van der Waals surface area (Å²) in [4.78, 5) is 4.47. The third-order valence-corrected chi connectivity index (χ3v) is 2.92. The highest BCUT2D eigenvalue weighted by Crippen LogP contribution is 2.22. The van der Waals surface area contributed by atoms with Gasteiger partial charge in [-0.2, -0.15) is 0 Å². The van der Waals surface area contributed by atoms with Crippen molar-refractivity contribution in [2.24, 2.45) is 4.99 Å². The molecule has 0 spiro atoms. The predicted molar refractivity (Wildman–Crippen MR) is 65.1 cm³/mol. The number of nitrogen functional groups attached to an aromatic ring is 1. The number of aliphatic imine (C=N–C) groups is 1. The fraction of sp³-hybridized carbons (Fsp3) is 0.364. The fourth-order valence-electron chi connectivity index (χ4n) is 1.50. The summed E-state index contributed by atoms with van der Waals surface area (Å²) in [5.41, 5.74) is 7.48. The van der Waals surface area contributed by atoms with E-state index in [1.807, 2.05) is 18.2 Å². The Morgan fingerprint density at radius 3 is 3.00 bits per heavy atom. The van der Waals surface area contributed by atoms with E-state index >= 15 is 0 Å². The Bertz CT molecular complexity index is 404.